The maximum atomic E-state index is 11.8. The van der Waals surface area contributed by atoms with Crippen molar-refractivity contribution >= 4 is 23.3 Å². The molecule has 0 radical (unpaired) electrons. The van der Waals surface area contributed by atoms with Gasteiger partial charge in [0.05, 0.1) is 13.2 Å². The molecule has 108 valence electrons. The molecule has 0 spiro atoms. The Morgan fingerprint density at radius 1 is 1.25 bits per heavy atom. The third-order valence-corrected chi connectivity index (χ3v) is 2.87. The van der Waals surface area contributed by atoms with E-state index in [1.807, 2.05) is 0 Å². The molecule has 1 aromatic rings. The molecule has 3 amide bonds. The average molecular weight is 278 g/mol. The number of carbonyl (C=O) groups is 2. The van der Waals surface area contributed by atoms with E-state index >= 15 is 0 Å². The summed E-state index contributed by atoms with van der Waals surface area (Å²) < 4.78 is 5.29. The van der Waals surface area contributed by atoms with E-state index in [1.165, 1.54) is 0 Å². The van der Waals surface area contributed by atoms with Crippen molar-refractivity contribution in [1.82, 2.24) is 5.32 Å². The Kier molecular flexibility index (Phi) is 4.91. The van der Waals surface area contributed by atoms with Crippen LogP contribution in [0.15, 0.2) is 24.3 Å². The minimum Gasteiger partial charge on any atom is -0.378 e. The molecule has 0 aromatic heterocycles. The van der Waals surface area contributed by atoms with Crippen LogP contribution in [0, 0.1) is 0 Å². The fourth-order valence-electron chi connectivity index (χ4n) is 1.97. The second-order valence-corrected chi connectivity index (χ2v) is 4.54. The molecule has 7 nitrogen and oxygen atoms in total. The molecule has 1 aromatic carbocycles. The second kappa shape index (κ2) is 6.88. The normalized spacial score (nSPS) is 18.3. The maximum Gasteiger partial charge on any atom is 0.316 e. The Morgan fingerprint density at radius 3 is 2.45 bits per heavy atom. The molecule has 5 N–H and O–H groups in total. The number of hydrogen-bond acceptors (Lipinski definition) is 4. The molecule has 1 aliphatic rings. The highest BCUT2D eigenvalue weighted by molar-refractivity contribution is 5.92. The topological polar surface area (TPSA) is 105 Å². The van der Waals surface area contributed by atoms with Crippen molar-refractivity contribution in [2.75, 3.05) is 30.4 Å². The van der Waals surface area contributed by atoms with Crippen molar-refractivity contribution in [2.45, 2.75) is 12.5 Å². The van der Waals surface area contributed by atoms with Crippen LogP contribution in [0.25, 0.3) is 0 Å². The predicted molar refractivity (Wildman–Crippen MR) is 75.5 cm³/mol. The molecule has 1 saturated heterocycles. The predicted octanol–water partition coefficient (Wildman–Crippen LogP) is 0.494. The monoisotopic (exact) mass is 278 g/mol. The zero-order valence-corrected chi connectivity index (χ0v) is 11.0. The highest BCUT2D eigenvalue weighted by Crippen LogP contribution is 2.14. The van der Waals surface area contributed by atoms with Crippen molar-refractivity contribution in [1.29, 1.82) is 0 Å². The molecule has 1 heterocycles. The highest BCUT2D eigenvalue weighted by Gasteiger charge is 2.16. The van der Waals surface area contributed by atoms with Crippen LogP contribution in [-0.4, -0.2) is 37.7 Å². The SMILES string of the molecule is NC(=O)Nc1ccc(NC(=O)CC2COCCN2)cc1. The summed E-state index contributed by atoms with van der Waals surface area (Å²) >= 11 is 0. The van der Waals surface area contributed by atoms with Gasteiger partial charge in [-0.25, -0.2) is 4.79 Å². The summed E-state index contributed by atoms with van der Waals surface area (Å²) in [5.74, 6) is -0.0800. The fourth-order valence-corrected chi connectivity index (χ4v) is 1.97. The minimum absolute atomic E-state index is 0.0551. The van der Waals surface area contributed by atoms with Crippen LogP contribution in [0.4, 0.5) is 16.2 Å². The van der Waals surface area contributed by atoms with Crippen molar-refractivity contribution in [2.24, 2.45) is 5.73 Å². The Hall–Kier alpha value is -2.12. The Bertz CT molecular complexity index is 469. The molecular weight excluding hydrogens is 260 g/mol. The summed E-state index contributed by atoms with van der Waals surface area (Å²) in [5, 5.41) is 8.46. The third kappa shape index (κ3) is 4.52. The van der Waals surface area contributed by atoms with Gasteiger partial charge in [-0.15, -0.1) is 0 Å². The Labute approximate surface area is 116 Å². The number of nitrogens with one attached hydrogen (secondary N) is 3. The summed E-state index contributed by atoms with van der Waals surface area (Å²) in [4.78, 5) is 22.5. The molecule has 1 atom stereocenters. The van der Waals surface area contributed by atoms with E-state index in [-0.39, 0.29) is 11.9 Å². The molecule has 0 bridgehead atoms. The van der Waals surface area contributed by atoms with Crippen LogP contribution >= 0.6 is 0 Å². The second-order valence-electron chi connectivity index (χ2n) is 4.54. The lowest BCUT2D eigenvalue weighted by Crippen LogP contribution is -2.43. The molecule has 0 aliphatic carbocycles. The van der Waals surface area contributed by atoms with E-state index in [0.29, 0.717) is 31.0 Å². The maximum absolute atomic E-state index is 11.8. The van der Waals surface area contributed by atoms with Gasteiger partial charge in [0.1, 0.15) is 0 Å². The van der Waals surface area contributed by atoms with Gasteiger partial charge in [-0.05, 0) is 24.3 Å². The smallest absolute Gasteiger partial charge is 0.316 e. The number of amides is 3. The van der Waals surface area contributed by atoms with Gasteiger partial charge in [-0.2, -0.15) is 0 Å². The summed E-state index contributed by atoms with van der Waals surface area (Å²) in [6, 6.07) is 6.18. The first-order valence-corrected chi connectivity index (χ1v) is 6.41. The van der Waals surface area contributed by atoms with Crippen LogP contribution in [0.5, 0.6) is 0 Å². The van der Waals surface area contributed by atoms with Gasteiger partial charge >= 0.3 is 6.03 Å². The number of ether oxygens (including phenoxy) is 1. The lowest BCUT2D eigenvalue weighted by molar-refractivity contribution is -0.117. The number of primary amides is 1. The van der Waals surface area contributed by atoms with Crippen LogP contribution in [0.1, 0.15) is 6.42 Å². The van der Waals surface area contributed by atoms with Crippen molar-refractivity contribution in [3.8, 4) is 0 Å². The number of morpholine rings is 1. The third-order valence-electron chi connectivity index (χ3n) is 2.87. The Morgan fingerprint density at radius 2 is 1.90 bits per heavy atom. The van der Waals surface area contributed by atoms with Gasteiger partial charge in [0.2, 0.25) is 5.91 Å². The number of hydrogen-bond donors (Lipinski definition) is 4. The number of urea groups is 1. The van der Waals surface area contributed by atoms with E-state index in [1.54, 1.807) is 24.3 Å². The number of rotatable bonds is 4. The zero-order chi connectivity index (χ0) is 14.4. The van der Waals surface area contributed by atoms with Gasteiger partial charge < -0.3 is 26.4 Å². The molecule has 2 rings (SSSR count). The van der Waals surface area contributed by atoms with E-state index < -0.39 is 6.03 Å². The molecule has 7 heteroatoms. The zero-order valence-electron chi connectivity index (χ0n) is 11.0. The van der Waals surface area contributed by atoms with E-state index in [4.69, 9.17) is 10.5 Å². The summed E-state index contributed by atoms with van der Waals surface area (Å²) in [5.41, 5.74) is 6.26. The lowest BCUT2D eigenvalue weighted by Gasteiger charge is -2.23. The first kappa shape index (κ1) is 14.3. The van der Waals surface area contributed by atoms with Gasteiger partial charge in [-0.1, -0.05) is 0 Å². The van der Waals surface area contributed by atoms with E-state index in [9.17, 15) is 9.59 Å². The van der Waals surface area contributed by atoms with E-state index in [2.05, 4.69) is 16.0 Å². The van der Waals surface area contributed by atoms with E-state index in [0.717, 1.165) is 6.54 Å². The molecular formula is C13H18N4O3. The van der Waals surface area contributed by atoms with Crippen molar-refractivity contribution in [3.63, 3.8) is 0 Å². The number of nitrogens with two attached hydrogens (primary N) is 1. The van der Waals surface area contributed by atoms with Gasteiger partial charge in [0.25, 0.3) is 0 Å². The summed E-state index contributed by atoms with van der Waals surface area (Å²) in [6.07, 6.45) is 0.362. The summed E-state index contributed by atoms with van der Waals surface area (Å²) in [7, 11) is 0. The molecule has 0 saturated carbocycles. The lowest BCUT2D eigenvalue weighted by atomic mass is 10.2. The highest BCUT2D eigenvalue weighted by atomic mass is 16.5. The number of benzene rings is 1. The van der Waals surface area contributed by atoms with Crippen LogP contribution in [-0.2, 0) is 9.53 Å². The standard InChI is InChI=1S/C13H18N4O3/c14-13(19)17-10-3-1-9(2-4-10)16-12(18)7-11-8-20-6-5-15-11/h1-4,11,15H,5-8H2,(H,16,18)(H3,14,17,19). The minimum atomic E-state index is -0.620. The summed E-state index contributed by atoms with van der Waals surface area (Å²) in [6.45, 7) is 2.01. The van der Waals surface area contributed by atoms with Crippen molar-refractivity contribution < 1.29 is 14.3 Å². The largest absolute Gasteiger partial charge is 0.378 e. The molecule has 1 fully saturated rings. The quantitative estimate of drug-likeness (QED) is 0.643. The number of carbonyl (C=O) groups excluding carboxylic acids is 2. The first-order valence-electron chi connectivity index (χ1n) is 6.41. The van der Waals surface area contributed by atoms with Gasteiger partial charge in [0.15, 0.2) is 0 Å². The van der Waals surface area contributed by atoms with Crippen LogP contribution in [0.2, 0.25) is 0 Å². The van der Waals surface area contributed by atoms with Crippen LogP contribution in [0.3, 0.4) is 0 Å². The fraction of sp³-hybridized carbons (Fsp3) is 0.385. The number of anilines is 2. The molecule has 20 heavy (non-hydrogen) atoms. The average Bonchev–Trinajstić information content (AvgIpc) is 2.41. The van der Waals surface area contributed by atoms with Crippen molar-refractivity contribution in [3.05, 3.63) is 24.3 Å². The first-order chi connectivity index (χ1) is 9.63. The molecule has 1 aliphatic heterocycles. The van der Waals surface area contributed by atoms with Gasteiger partial charge in [0, 0.05) is 30.4 Å². The Balaban J connectivity index is 1.82. The van der Waals surface area contributed by atoms with Crippen LogP contribution < -0.4 is 21.7 Å². The van der Waals surface area contributed by atoms with Gasteiger partial charge in [-0.3, -0.25) is 4.79 Å². The molecule has 1 unspecified atom stereocenters.